The van der Waals surface area contributed by atoms with Crippen molar-refractivity contribution in [2.45, 2.75) is 56.2 Å². The maximum Gasteiger partial charge on any atom is 0.239 e. The van der Waals surface area contributed by atoms with Gasteiger partial charge in [-0.15, -0.1) is 0 Å². The number of carbonyl (C=O) groups excluding carboxylic acids is 1. The van der Waals surface area contributed by atoms with Crippen molar-refractivity contribution in [3.63, 3.8) is 0 Å². The van der Waals surface area contributed by atoms with Crippen LogP contribution in [0.5, 0.6) is 0 Å². The summed E-state index contributed by atoms with van der Waals surface area (Å²) < 4.78 is 5.86. The summed E-state index contributed by atoms with van der Waals surface area (Å²) in [6.07, 6.45) is 7.21. The van der Waals surface area contributed by atoms with E-state index in [0.717, 1.165) is 38.8 Å². The molecule has 3 fully saturated rings. The number of nitrogens with two attached hydrogens (primary N) is 2. The Bertz CT molecular complexity index is 357. The molecule has 3 rings (SSSR count). The summed E-state index contributed by atoms with van der Waals surface area (Å²) in [6, 6.07) is 0.434. The van der Waals surface area contributed by atoms with Gasteiger partial charge < -0.3 is 16.2 Å². The molecular weight excluding hydrogens is 242 g/mol. The summed E-state index contributed by atoms with van der Waals surface area (Å²) in [6.45, 7) is 2.23. The molecule has 2 saturated carbocycles. The van der Waals surface area contributed by atoms with Crippen molar-refractivity contribution in [2.24, 2.45) is 17.4 Å². The summed E-state index contributed by atoms with van der Waals surface area (Å²) in [5.74, 6) is -0.0521. The minimum absolute atomic E-state index is 0.287. The first kappa shape index (κ1) is 13.3. The highest BCUT2D eigenvalue weighted by Crippen LogP contribution is 2.40. The molecule has 19 heavy (non-hydrogen) atoms. The highest BCUT2D eigenvalue weighted by atomic mass is 16.5. The Hall–Kier alpha value is -0.650. The number of nitrogens with zero attached hydrogens (tertiary/aromatic N) is 1. The average Bonchev–Trinajstić information content (AvgIpc) is 3.23. The van der Waals surface area contributed by atoms with Gasteiger partial charge in [0.15, 0.2) is 0 Å². The van der Waals surface area contributed by atoms with Crippen LogP contribution in [0, 0.1) is 5.92 Å². The molecule has 0 aromatic rings. The monoisotopic (exact) mass is 267 g/mol. The molecule has 3 aliphatic rings. The number of carbonyl (C=O) groups is 1. The van der Waals surface area contributed by atoms with Crippen LogP contribution in [-0.2, 0) is 9.53 Å². The second-order valence-electron chi connectivity index (χ2n) is 6.41. The van der Waals surface area contributed by atoms with Crippen LogP contribution in [0.4, 0.5) is 0 Å². The molecule has 108 valence electrons. The summed E-state index contributed by atoms with van der Waals surface area (Å²) >= 11 is 0. The Morgan fingerprint density at radius 2 is 2.00 bits per heavy atom. The third-order valence-corrected chi connectivity index (χ3v) is 5.08. The third kappa shape index (κ3) is 2.51. The van der Waals surface area contributed by atoms with Crippen molar-refractivity contribution in [3.05, 3.63) is 0 Å². The number of hydrogen-bond donors (Lipinski definition) is 2. The predicted molar refractivity (Wildman–Crippen MR) is 72.4 cm³/mol. The SMILES string of the molecule is NC(=O)C(N)(CN1CCOC2CCCCC21)C1CC1. The molecule has 4 N–H and O–H groups in total. The standard InChI is InChI=1S/C14H25N3O2/c15-13(18)14(16,10-5-6-10)9-17-7-8-19-12-4-2-1-3-11(12)17/h10-12H,1-9,16H2,(H2,15,18). The minimum atomic E-state index is -0.834. The van der Waals surface area contributed by atoms with Gasteiger partial charge in [0, 0.05) is 19.1 Å². The zero-order valence-electron chi connectivity index (χ0n) is 11.5. The van der Waals surface area contributed by atoms with Gasteiger partial charge in [0.1, 0.15) is 5.54 Å². The molecule has 1 aliphatic heterocycles. The van der Waals surface area contributed by atoms with Gasteiger partial charge >= 0.3 is 0 Å². The van der Waals surface area contributed by atoms with Crippen molar-refractivity contribution in [2.75, 3.05) is 19.7 Å². The lowest BCUT2D eigenvalue weighted by Crippen LogP contribution is -2.65. The first-order valence-electron chi connectivity index (χ1n) is 7.56. The lowest BCUT2D eigenvalue weighted by atomic mass is 9.87. The fourth-order valence-electron chi connectivity index (χ4n) is 3.72. The first-order valence-corrected chi connectivity index (χ1v) is 7.56. The van der Waals surface area contributed by atoms with Crippen LogP contribution in [0.25, 0.3) is 0 Å². The minimum Gasteiger partial charge on any atom is -0.375 e. The van der Waals surface area contributed by atoms with Crippen molar-refractivity contribution >= 4 is 5.91 Å². The smallest absolute Gasteiger partial charge is 0.239 e. The molecule has 0 bridgehead atoms. The Labute approximate surface area is 114 Å². The quantitative estimate of drug-likeness (QED) is 0.763. The lowest BCUT2D eigenvalue weighted by molar-refractivity contribution is -0.129. The normalized spacial score (nSPS) is 35.4. The zero-order chi connectivity index (χ0) is 13.5. The summed E-state index contributed by atoms with van der Waals surface area (Å²) in [5.41, 5.74) is 11.1. The van der Waals surface area contributed by atoms with Crippen LogP contribution in [0.3, 0.4) is 0 Å². The number of primary amides is 1. The van der Waals surface area contributed by atoms with Gasteiger partial charge in [0.25, 0.3) is 0 Å². The van der Waals surface area contributed by atoms with E-state index in [-0.39, 0.29) is 11.8 Å². The second-order valence-corrected chi connectivity index (χ2v) is 6.41. The zero-order valence-corrected chi connectivity index (χ0v) is 11.5. The molecule has 1 amide bonds. The molecule has 0 radical (unpaired) electrons. The highest BCUT2D eigenvalue weighted by molar-refractivity contribution is 5.85. The van der Waals surface area contributed by atoms with Gasteiger partial charge in [0.05, 0.1) is 12.7 Å². The summed E-state index contributed by atoms with van der Waals surface area (Å²) in [5, 5.41) is 0. The van der Waals surface area contributed by atoms with E-state index in [1.807, 2.05) is 0 Å². The number of fused-ring (bicyclic) bond motifs is 1. The predicted octanol–water partition coefficient (Wildman–Crippen LogP) is 0.223. The molecule has 0 spiro atoms. The Kier molecular flexibility index (Phi) is 3.53. The van der Waals surface area contributed by atoms with Crippen molar-refractivity contribution in [1.29, 1.82) is 0 Å². The van der Waals surface area contributed by atoms with Gasteiger partial charge in [-0.3, -0.25) is 9.69 Å². The Morgan fingerprint density at radius 3 is 2.68 bits per heavy atom. The first-order chi connectivity index (χ1) is 9.11. The van der Waals surface area contributed by atoms with Gasteiger partial charge in [-0.1, -0.05) is 12.8 Å². The van der Waals surface area contributed by atoms with Crippen LogP contribution < -0.4 is 11.5 Å². The lowest BCUT2D eigenvalue weighted by Gasteiger charge is -2.46. The van der Waals surface area contributed by atoms with Crippen LogP contribution in [0.1, 0.15) is 38.5 Å². The largest absolute Gasteiger partial charge is 0.375 e. The van der Waals surface area contributed by atoms with E-state index in [1.165, 1.54) is 12.8 Å². The summed E-state index contributed by atoms with van der Waals surface area (Å²) in [4.78, 5) is 14.1. The number of morpholine rings is 1. The molecule has 5 nitrogen and oxygen atoms in total. The number of amides is 1. The molecule has 3 atom stereocenters. The maximum absolute atomic E-state index is 11.8. The van der Waals surface area contributed by atoms with Gasteiger partial charge in [-0.2, -0.15) is 0 Å². The van der Waals surface area contributed by atoms with E-state index in [2.05, 4.69) is 4.90 Å². The molecule has 3 unspecified atom stereocenters. The van der Waals surface area contributed by atoms with Gasteiger partial charge in [0.2, 0.25) is 5.91 Å². The van der Waals surface area contributed by atoms with E-state index in [9.17, 15) is 4.79 Å². The van der Waals surface area contributed by atoms with Gasteiger partial charge in [-0.05, 0) is 31.6 Å². The molecule has 0 aromatic carbocycles. The highest BCUT2D eigenvalue weighted by Gasteiger charge is 2.49. The van der Waals surface area contributed by atoms with E-state index in [0.29, 0.717) is 18.7 Å². The number of hydrogen-bond acceptors (Lipinski definition) is 4. The molecule has 2 aliphatic carbocycles. The Morgan fingerprint density at radius 1 is 1.26 bits per heavy atom. The third-order valence-electron chi connectivity index (χ3n) is 5.08. The molecule has 0 aromatic heterocycles. The second kappa shape index (κ2) is 5.04. The fraction of sp³-hybridized carbons (Fsp3) is 0.929. The molecular formula is C14H25N3O2. The van der Waals surface area contributed by atoms with Crippen LogP contribution >= 0.6 is 0 Å². The van der Waals surface area contributed by atoms with E-state index >= 15 is 0 Å². The molecule has 5 heteroatoms. The number of rotatable bonds is 4. The fourth-order valence-corrected chi connectivity index (χ4v) is 3.72. The van der Waals surface area contributed by atoms with E-state index in [4.69, 9.17) is 16.2 Å². The van der Waals surface area contributed by atoms with Crippen molar-refractivity contribution < 1.29 is 9.53 Å². The van der Waals surface area contributed by atoms with Crippen LogP contribution in [-0.4, -0.2) is 48.2 Å². The van der Waals surface area contributed by atoms with Crippen LogP contribution in [0.2, 0.25) is 0 Å². The van der Waals surface area contributed by atoms with Crippen molar-refractivity contribution in [3.8, 4) is 0 Å². The summed E-state index contributed by atoms with van der Waals surface area (Å²) in [7, 11) is 0. The van der Waals surface area contributed by atoms with Crippen molar-refractivity contribution in [1.82, 2.24) is 4.90 Å². The maximum atomic E-state index is 11.8. The average molecular weight is 267 g/mol. The van der Waals surface area contributed by atoms with Crippen LogP contribution in [0.15, 0.2) is 0 Å². The van der Waals surface area contributed by atoms with Gasteiger partial charge in [-0.25, -0.2) is 0 Å². The molecule has 1 saturated heterocycles. The Balaban J connectivity index is 1.71. The topological polar surface area (TPSA) is 81.6 Å². The van der Waals surface area contributed by atoms with E-state index in [1.54, 1.807) is 0 Å². The number of ether oxygens (including phenoxy) is 1. The molecule has 1 heterocycles. The van der Waals surface area contributed by atoms with E-state index < -0.39 is 5.54 Å².